The van der Waals surface area contributed by atoms with Crippen molar-refractivity contribution < 1.29 is 52.4 Å². The van der Waals surface area contributed by atoms with Crippen molar-refractivity contribution in [1.29, 1.82) is 0 Å². The maximum Gasteiger partial charge on any atom is 0.315 e. The molecule has 1 rings (SSSR count). The molecule has 0 saturated heterocycles. The molecule has 1 atom stereocenters. The predicted octanol–water partition coefficient (Wildman–Crippen LogP) is 9.93. The Balaban J connectivity index is 3.99. The van der Waals surface area contributed by atoms with E-state index in [0.29, 0.717) is 6.08 Å². The zero-order chi connectivity index (χ0) is 23.9. The zero-order valence-electron chi connectivity index (χ0n) is 15.4. The van der Waals surface area contributed by atoms with Crippen LogP contribution >= 0.6 is 20.4 Å². The largest absolute Gasteiger partial charge is 0.489 e. The van der Waals surface area contributed by atoms with Gasteiger partial charge in [-0.2, -0.15) is 0 Å². The maximum absolute atomic E-state index is 13.5. The van der Waals surface area contributed by atoms with Gasteiger partial charge in [0.2, 0.25) is 0 Å². The van der Waals surface area contributed by atoms with Crippen LogP contribution in [-0.2, 0) is 6.42 Å². The molecule has 0 fully saturated rings. The van der Waals surface area contributed by atoms with Crippen molar-refractivity contribution in [3.8, 4) is 5.75 Å². The number of hydrogen-bond acceptors (Lipinski definition) is 1. The SMILES string of the molecule is CCC(F)COc1ccc(CC/C=C(/C)F)c(S(F)(F)(F)(F)F)c1S(F)(F)(F)(F)F. The maximum atomic E-state index is 13.5. The molecule has 30 heavy (non-hydrogen) atoms. The first-order valence-electron chi connectivity index (χ1n) is 8.09. The molecule has 0 bridgehead atoms. The van der Waals surface area contributed by atoms with Crippen molar-refractivity contribution >= 4 is 20.4 Å². The van der Waals surface area contributed by atoms with Gasteiger partial charge in [-0.3, -0.25) is 0 Å². The number of alkyl halides is 1. The Hall–Kier alpha value is -1.38. The van der Waals surface area contributed by atoms with E-state index in [4.69, 9.17) is 0 Å². The lowest BCUT2D eigenvalue weighted by atomic mass is 10.1. The second kappa shape index (κ2) is 6.56. The molecule has 1 aromatic carbocycles. The van der Waals surface area contributed by atoms with Crippen molar-refractivity contribution in [2.75, 3.05) is 6.61 Å². The summed E-state index contributed by atoms with van der Waals surface area (Å²) >= 11 is 0. The zero-order valence-corrected chi connectivity index (χ0v) is 17.0. The van der Waals surface area contributed by atoms with E-state index in [1.54, 1.807) is 0 Å². The Kier molecular flexibility index (Phi) is 5.83. The summed E-state index contributed by atoms with van der Waals surface area (Å²) in [6, 6.07) is 0.0835. The second-order valence-electron chi connectivity index (χ2n) is 6.47. The lowest BCUT2D eigenvalue weighted by molar-refractivity contribution is 0.185. The summed E-state index contributed by atoms with van der Waals surface area (Å²) in [5.74, 6) is -3.25. The van der Waals surface area contributed by atoms with Crippen LogP contribution in [0.25, 0.3) is 0 Å². The monoisotopic (exact) mass is 506 g/mol. The van der Waals surface area contributed by atoms with Crippen LogP contribution in [0.2, 0.25) is 0 Å². The van der Waals surface area contributed by atoms with E-state index in [0.717, 1.165) is 6.92 Å². The van der Waals surface area contributed by atoms with Gasteiger partial charge >= 0.3 is 20.4 Å². The minimum atomic E-state index is -11.4. The third-order valence-electron chi connectivity index (χ3n) is 3.63. The van der Waals surface area contributed by atoms with Crippen LogP contribution in [0.1, 0.15) is 32.3 Å². The summed E-state index contributed by atoms with van der Waals surface area (Å²) in [5, 5.41) is 0. The Morgan fingerprint density at radius 3 is 1.83 bits per heavy atom. The molecule has 0 N–H and O–H groups in total. The lowest BCUT2D eigenvalue weighted by Crippen LogP contribution is -2.21. The number of ether oxygens (including phenoxy) is 1. The average molecular weight is 506 g/mol. The van der Waals surface area contributed by atoms with Gasteiger partial charge in [-0.15, -0.1) is 0 Å². The van der Waals surface area contributed by atoms with E-state index >= 15 is 0 Å². The van der Waals surface area contributed by atoms with Crippen LogP contribution in [0.3, 0.4) is 0 Å². The first-order chi connectivity index (χ1) is 12.9. The third-order valence-corrected chi connectivity index (χ3v) is 6.17. The highest BCUT2D eigenvalue weighted by Gasteiger charge is 2.77. The standard InChI is InChI=1S/C15H18F12OS2/c1-3-12(17)9-28-13-8-7-11(6-4-5-10(2)16)14(29(18,19,20,21)22)15(13)30(23,24,25,26)27/h5,7-8,12H,3-4,6,9H2,1-2H3/b10-5-. The quantitative estimate of drug-likeness (QED) is 0.303. The highest BCUT2D eigenvalue weighted by Crippen LogP contribution is 3.10. The number of hydrogen-bond donors (Lipinski definition) is 0. The van der Waals surface area contributed by atoms with Crippen LogP contribution in [0, 0.1) is 0 Å². The van der Waals surface area contributed by atoms with Crippen molar-refractivity contribution in [3.05, 3.63) is 29.6 Å². The minimum absolute atomic E-state index is 0.00996. The molecule has 180 valence electrons. The van der Waals surface area contributed by atoms with Crippen molar-refractivity contribution in [2.24, 2.45) is 0 Å². The Labute approximate surface area is 164 Å². The van der Waals surface area contributed by atoms with Crippen molar-refractivity contribution in [2.45, 2.75) is 49.1 Å². The molecule has 0 amide bonds. The second-order valence-corrected chi connectivity index (χ2v) is 11.2. The van der Waals surface area contributed by atoms with E-state index in [9.17, 15) is 47.6 Å². The Morgan fingerprint density at radius 1 is 0.933 bits per heavy atom. The fourth-order valence-corrected chi connectivity index (χ4v) is 5.46. The lowest BCUT2D eigenvalue weighted by Gasteiger charge is -2.49. The molecule has 15 heteroatoms. The molecule has 0 radical (unpaired) electrons. The van der Waals surface area contributed by atoms with Gasteiger partial charge in [0.15, 0.2) is 4.90 Å². The summed E-state index contributed by atoms with van der Waals surface area (Å²) in [7, 11) is -22.8. The Morgan fingerprint density at radius 2 is 1.43 bits per heavy atom. The van der Waals surface area contributed by atoms with E-state index in [2.05, 4.69) is 4.74 Å². The highest BCUT2D eigenvalue weighted by molar-refractivity contribution is 8.48. The van der Waals surface area contributed by atoms with E-state index < -0.39 is 79.4 Å². The van der Waals surface area contributed by atoms with Gasteiger partial charge in [-0.1, -0.05) is 57.9 Å². The van der Waals surface area contributed by atoms with Gasteiger partial charge in [0, 0.05) is 0 Å². The predicted molar refractivity (Wildman–Crippen MR) is 93.1 cm³/mol. The number of allylic oxidation sites excluding steroid dienone is 2. The molecule has 0 aromatic heterocycles. The van der Waals surface area contributed by atoms with E-state index in [-0.39, 0.29) is 12.1 Å². The van der Waals surface area contributed by atoms with Crippen LogP contribution < -0.4 is 4.74 Å². The fraction of sp³-hybridized carbons (Fsp3) is 0.467. The van der Waals surface area contributed by atoms with Crippen molar-refractivity contribution in [1.82, 2.24) is 0 Å². The molecule has 1 unspecified atom stereocenters. The first kappa shape index (κ1) is 26.7. The number of benzene rings is 1. The summed E-state index contributed by atoms with van der Waals surface area (Å²) in [6.45, 7) is 0.618. The molecule has 0 aliphatic rings. The third kappa shape index (κ3) is 7.39. The highest BCUT2D eigenvalue weighted by atomic mass is 32.5. The van der Waals surface area contributed by atoms with E-state index in [1.807, 2.05) is 0 Å². The van der Waals surface area contributed by atoms with Crippen LogP contribution in [0.4, 0.5) is 47.6 Å². The molecule has 0 spiro atoms. The summed E-state index contributed by atoms with van der Waals surface area (Å²) in [6.07, 6.45) is -3.92. The van der Waals surface area contributed by atoms with Gasteiger partial charge in [0.1, 0.15) is 23.4 Å². The molecule has 0 heterocycles. The van der Waals surface area contributed by atoms with Crippen LogP contribution in [0.5, 0.6) is 5.75 Å². The average Bonchev–Trinajstić information content (AvgIpc) is 2.47. The molecule has 0 saturated carbocycles. The van der Waals surface area contributed by atoms with Gasteiger partial charge in [-0.05, 0) is 37.8 Å². The molecule has 0 aliphatic heterocycles. The minimum Gasteiger partial charge on any atom is -0.489 e. The first-order valence-corrected chi connectivity index (χ1v) is 12.0. The van der Waals surface area contributed by atoms with Crippen LogP contribution in [0.15, 0.2) is 33.8 Å². The molecule has 1 aromatic rings. The molecular weight excluding hydrogens is 488 g/mol. The van der Waals surface area contributed by atoms with E-state index in [1.165, 1.54) is 6.92 Å². The van der Waals surface area contributed by atoms with Crippen LogP contribution in [-0.4, -0.2) is 12.8 Å². The van der Waals surface area contributed by atoms with Gasteiger partial charge in [0.25, 0.3) is 0 Å². The molecule has 0 aliphatic carbocycles. The number of halogens is 12. The smallest absolute Gasteiger partial charge is 0.315 e. The van der Waals surface area contributed by atoms with Gasteiger partial charge in [0.05, 0.1) is 5.83 Å². The fourth-order valence-electron chi connectivity index (χ4n) is 2.41. The topological polar surface area (TPSA) is 9.23 Å². The number of aryl methyl sites for hydroxylation is 1. The van der Waals surface area contributed by atoms with Gasteiger partial charge < -0.3 is 4.74 Å². The van der Waals surface area contributed by atoms with Gasteiger partial charge in [-0.25, -0.2) is 8.78 Å². The van der Waals surface area contributed by atoms with Crippen molar-refractivity contribution in [3.63, 3.8) is 0 Å². The summed E-state index contributed by atoms with van der Waals surface area (Å²) in [4.78, 5) is -7.82. The summed E-state index contributed by atoms with van der Waals surface area (Å²) < 4.78 is 165. The molecule has 1 nitrogen and oxygen atoms in total. The molecular formula is C15H18F12OS2. The summed E-state index contributed by atoms with van der Waals surface area (Å²) in [5.41, 5.74) is -1.82. The Bertz CT molecular complexity index is 839. The number of rotatable bonds is 9. The normalized spacial score (nSPS) is 19.3.